The fourth-order valence-corrected chi connectivity index (χ4v) is 4.73. The highest BCUT2D eigenvalue weighted by molar-refractivity contribution is 7.89. The van der Waals surface area contributed by atoms with E-state index in [1.807, 2.05) is 30.5 Å². The Bertz CT molecular complexity index is 757. The Morgan fingerprint density at radius 3 is 2.54 bits per heavy atom. The average Bonchev–Trinajstić information content (AvgIpc) is 2.64. The van der Waals surface area contributed by atoms with Crippen LogP contribution in [0.1, 0.15) is 30.4 Å². The second-order valence-corrected chi connectivity index (χ2v) is 7.94. The lowest BCUT2D eigenvalue weighted by Gasteiger charge is -2.26. The molecule has 1 aromatic carbocycles. The van der Waals surface area contributed by atoms with Crippen molar-refractivity contribution in [3.8, 4) is 0 Å². The van der Waals surface area contributed by atoms with Crippen LogP contribution in [0.3, 0.4) is 0 Å². The first kappa shape index (κ1) is 17.1. The van der Waals surface area contributed by atoms with E-state index in [9.17, 15) is 8.42 Å². The molecule has 0 bridgehead atoms. The van der Waals surface area contributed by atoms with Gasteiger partial charge in [-0.05, 0) is 36.1 Å². The van der Waals surface area contributed by atoms with Gasteiger partial charge in [0.2, 0.25) is 10.0 Å². The fourth-order valence-electron chi connectivity index (χ4n) is 2.99. The number of nitrogens with one attached hydrogen (secondary N) is 1. The summed E-state index contributed by atoms with van der Waals surface area (Å²) in [7, 11) is -3.41. The molecule has 0 aliphatic carbocycles. The van der Waals surface area contributed by atoms with Crippen LogP contribution in [0.5, 0.6) is 0 Å². The summed E-state index contributed by atoms with van der Waals surface area (Å²) in [6.07, 6.45) is 6.55. The van der Waals surface area contributed by atoms with Gasteiger partial charge in [0, 0.05) is 38.6 Å². The van der Waals surface area contributed by atoms with E-state index in [0.717, 1.165) is 30.4 Å². The van der Waals surface area contributed by atoms with E-state index in [1.54, 1.807) is 22.6 Å². The third-order valence-electron chi connectivity index (χ3n) is 4.27. The van der Waals surface area contributed by atoms with E-state index in [0.29, 0.717) is 31.1 Å². The molecule has 1 aromatic heterocycles. The number of aromatic nitrogens is 1. The van der Waals surface area contributed by atoms with Crippen LogP contribution in [0, 0.1) is 0 Å². The highest BCUT2D eigenvalue weighted by atomic mass is 32.2. The van der Waals surface area contributed by atoms with Gasteiger partial charge in [0.15, 0.2) is 0 Å². The first-order valence-corrected chi connectivity index (χ1v) is 9.79. The second-order valence-electron chi connectivity index (χ2n) is 6.04. The molecule has 0 unspecified atom stereocenters. The van der Waals surface area contributed by atoms with Crippen LogP contribution in [0.4, 0.5) is 0 Å². The van der Waals surface area contributed by atoms with Gasteiger partial charge in [0.25, 0.3) is 0 Å². The number of nitrogens with zero attached hydrogens (tertiary/aromatic N) is 2. The zero-order valence-corrected chi connectivity index (χ0v) is 14.5. The normalized spacial score (nSPS) is 16.2. The van der Waals surface area contributed by atoms with Crippen LogP contribution in [0.15, 0.2) is 53.7 Å². The van der Waals surface area contributed by atoms with E-state index >= 15 is 0 Å². The van der Waals surface area contributed by atoms with E-state index in [4.69, 9.17) is 0 Å². The lowest BCUT2D eigenvalue weighted by Crippen LogP contribution is -2.36. The summed E-state index contributed by atoms with van der Waals surface area (Å²) in [6.45, 7) is 2.42. The first-order chi connectivity index (χ1) is 11.7. The van der Waals surface area contributed by atoms with Crippen molar-refractivity contribution in [1.82, 2.24) is 14.6 Å². The molecule has 1 aliphatic rings. The first-order valence-electron chi connectivity index (χ1n) is 8.35. The number of benzene rings is 1. The Hall–Kier alpha value is -1.76. The molecular formula is C18H23N3O2S. The van der Waals surface area contributed by atoms with Crippen molar-refractivity contribution >= 4 is 10.0 Å². The summed E-state index contributed by atoms with van der Waals surface area (Å²) in [6, 6.07) is 11.2. The minimum Gasteiger partial charge on any atom is -0.309 e. The minimum absolute atomic E-state index is 0.422. The van der Waals surface area contributed by atoms with Crippen LogP contribution in [-0.4, -0.2) is 30.8 Å². The maximum Gasteiger partial charge on any atom is 0.243 e. The fraction of sp³-hybridized carbons (Fsp3) is 0.389. The van der Waals surface area contributed by atoms with Gasteiger partial charge < -0.3 is 5.32 Å². The molecule has 0 radical (unpaired) electrons. The Morgan fingerprint density at radius 1 is 1.00 bits per heavy atom. The summed E-state index contributed by atoms with van der Waals surface area (Å²) in [4.78, 5) is 4.51. The molecule has 1 N–H and O–H groups in total. The molecule has 128 valence electrons. The maximum absolute atomic E-state index is 12.9. The van der Waals surface area contributed by atoms with Crippen molar-refractivity contribution < 1.29 is 8.42 Å². The van der Waals surface area contributed by atoms with Crippen LogP contribution in [0.2, 0.25) is 0 Å². The van der Waals surface area contributed by atoms with Gasteiger partial charge in [-0.2, -0.15) is 4.31 Å². The molecule has 24 heavy (non-hydrogen) atoms. The van der Waals surface area contributed by atoms with Crippen molar-refractivity contribution in [3.05, 3.63) is 59.9 Å². The molecule has 2 heterocycles. The molecule has 0 saturated carbocycles. The molecular weight excluding hydrogens is 322 g/mol. The van der Waals surface area contributed by atoms with Gasteiger partial charge in [-0.3, -0.25) is 4.98 Å². The molecule has 1 aliphatic heterocycles. The molecule has 6 heteroatoms. The molecule has 1 fully saturated rings. The predicted octanol–water partition coefficient (Wildman–Crippen LogP) is 2.55. The van der Waals surface area contributed by atoms with Gasteiger partial charge in [-0.1, -0.05) is 30.7 Å². The largest absolute Gasteiger partial charge is 0.309 e. The highest BCUT2D eigenvalue weighted by Gasteiger charge is 2.27. The second kappa shape index (κ2) is 7.88. The van der Waals surface area contributed by atoms with Gasteiger partial charge in [-0.15, -0.1) is 0 Å². The van der Waals surface area contributed by atoms with Crippen molar-refractivity contribution in [3.63, 3.8) is 0 Å². The number of sulfonamides is 1. The van der Waals surface area contributed by atoms with Gasteiger partial charge in [0.05, 0.1) is 4.90 Å². The molecule has 1 saturated heterocycles. The minimum atomic E-state index is -3.41. The third kappa shape index (κ3) is 4.01. The Morgan fingerprint density at radius 2 is 1.79 bits per heavy atom. The number of hydrogen-bond donors (Lipinski definition) is 1. The Labute approximate surface area is 143 Å². The van der Waals surface area contributed by atoms with Crippen LogP contribution >= 0.6 is 0 Å². The Balaban J connectivity index is 1.72. The summed E-state index contributed by atoms with van der Waals surface area (Å²) < 4.78 is 27.5. The number of rotatable bonds is 6. The van der Waals surface area contributed by atoms with Gasteiger partial charge >= 0.3 is 0 Å². The zero-order valence-electron chi connectivity index (χ0n) is 13.7. The van der Waals surface area contributed by atoms with Crippen molar-refractivity contribution in [1.29, 1.82) is 0 Å². The maximum atomic E-state index is 12.9. The SMILES string of the molecule is O=S(=O)(c1ccccc1CNCc1cccnc1)N1CCCCC1. The van der Waals surface area contributed by atoms with Crippen LogP contribution < -0.4 is 5.32 Å². The molecule has 0 atom stereocenters. The molecule has 5 nitrogen and oxygen atoms in total. The van der Waals surface area contributed by atoms with Crippen LogP contribution in [-0.2, 0) is 23.1 Å². The quantitative estimate of drug-likeness (QED) is 0.874. The molecule has 3 rings (SSSR count). The summed E-state index contributed by atoms with van der Waals surface area (Å²) in [5.74, 6) is 0. The standard InChI is InChI=1S/C18H23N3O2S/c22-24(23,21-11-4-1-5-12-21)18-9-3-2-8-17(18)15-20-14-16-7-6-10-19-13-16/h2-3,6-10,13,20H,1,4-5,11-12,14-15H2. The number of piperidine rings is 1. The summed E-state index contributed by atoms with van der Waals surface area (Å²) >= 11 is 0. The molecule has 0 spiro atoms. The smallest absolute Gasteiger partial charge is 0.243 e. The van der Waals surface area contributed by atoms with Crippen molar-refractivity contribution in [2.45, 2.75) is 37.2 Å². The lowest BCUT2D eigenvalue weighted by atomic mass is 10.2. The third-order valence-corrected chi connectivity index (χ3v) is 6.27. The molecule has 0 amide bonds. The number of hydrogen-bond acceptors (Lipinski definition) is 4. The summed E-state index contributed by atoms with van der Waals surface area (Å²) in [5, 5.41) is 3.31. The van der Waals surface area contributed by atoms with Gasteiger partial charge in [0.1, 0.15) is 0 Å². The van der Waals surface area contributed by atoms with E-state index in [2.05, 4.69) is 10.3 Å². The van der Waals surface area contributed by atoms with Crippen molar-refractivity contribution in [2.75, 3.05) is 13.1 Å². The van der Waals surface area contributed by atoms with Gasteiger partial charge in [-0.25, -0.2) is 8.42 Å². The monoisotopic (exact) mass is 345 g/mol. The van der Waals surface area contributed by atoms with Crippen LogP contribution in [0.25, 0.3) is 0 Å². The Kier molecular flexibility index (Phi) is 5.60. The van der Waals surface area contributed by atoms with E-state index < -0.39 is 10.0 Å². The lowest BCUT2D eigenvalue weighted by molar-refractivity contribution is 0.346. The zero-order chi connectivity index (χ0) is 16.8. The number of pyridine rings is 1. The highest BCUT2D eigenvalue weighted by Crippen LogP contribution is 2.23. The predicted molar refractivity (Wildman–Crippen MR) is 93.8 cm³/mol. The summed E-state index contributed by atoms with van der Waals surface area (Å²) in [5.41, 5.74) is 1.89. The molecule has 2 aromatic rings. The topological polar surface area (TPSA) is 62.3 Å². The van der Waals surface area contributed by atoms with Crippen molar-refractivity contribution in [2.24, 2.45) is 0 Å². The van der Waals surface area contributed by atoms with E-state index in [1.165, 1.54) is 0 Å². The van der Waals surface area contributed by atoms with E-state index in [-0.39, 0.29) is 0 Å². The average molecular weight is 345 g/mol.